The zero-order valence-corrected chi connectivity index (χ0v) is 18.4. The molecule has 33 heavy (non-hydrogen) atoms. The highest BCUT2D eigenvalue weighted by molar-refractivity contribution is 5.90. The van der Waals surface area contributed by atoms with E-state index in [4.69, 9.17) is 4.74 Å². The maximum Gasteiger partial charge on any atom is 0.573 e. The normalized spacial score (nSPS) is 18.2. The van der Waals surface area contributed by atoms with Crippen molar-refractivity contribution >= 4 is 18.4 Å². The molecule has 0 aromatic heterocycles. The van der Waals surface area contributed by atoms with Gasteiger partial charge in [0.05, 0.1) is 5.56 Å². The summed E-state index contributed by atoms with van der Waals surface area (Å²) in [5.41, 5.74) is 3.05. The fourth-order valence-corrected chi connectivity index (χ4v) is 3.89. The molecule has 0 unspecified atom stereocenters. The van der Waals surface area contributed by atoms with Crippen molar-refractivity contribution in [2.75, 3.05) is 13.1 Å². The van der Waals surface area contributed by atoms with Gasteiger partial charge in [-0.3, -0.25) is 0 Å². The molecule has 1 aliphatic rings. The van der Waals surface area contributed by atoms with Gasteiger partial charge in [-0.05, 0) is 53.9 Å². The molecule has 0 amide bonds. The van der Waals surface area contributed by atoms with E-state index >= 15 is 0 Å². The van der Waals surface area contributed by atoms with Gasteiger partial charge in [-0.2, -0.15) is 0 Å². The Bertz CT molecular complexity index is 1040. The van der Waals surface area contributed by atoms with Crippen LogP contribution in [0.4, 0.5) is 13.2 Å². The lowest BCUT2D eigenvalue weighted by atomic mass is 9.88. The number of carbonyl (C=O) groups excluding carboxylic acids is 1. The summed E-state index contributed by atoms with van der Waals surface area (Å²) in [5.74, 6) is -0.547. The van der Waals surface area contributed by atoms with Crippen LogP contribution in [0.3, 0.4) is 0 Å². The quantitative estimate of drug-likeness (QED) is 0.459. The SMILES string of the molecule is Cl.O=C(O[C@@H]1CNCC[C@H]1c1ccccc1)c1ccc(-c2ccc(OC(F)(F)F)cc2)cc1. The number of alkyl halides is 3. The summed E-state index contributed by atoms with van der Waals surface area (Å²) < 4.78 is 46.6. The van der Waals surface area contributed by atoms with Crippen LogP contribution in [0.25, 0.3) is 11.1 Å². The molecule has 174 valence electrons. The molecule has 1 fully saturated rings. The lowest BCUT2D eigenvalue weighted by Crippen LogP contribution is -2.42. The summed E-state index contributed by atoms with van der Waals surface area (Å²) in [6.45, 7) is 1.46. The molecule has 4 nitrogen and oxygen atoms in total. The number of carbonyl (C=O) groups is 1. The largest absolute Gasteiger partial charge is 0.573 e. The van der Waals surface area contributed by atoms with Crippen LogP contribution in [0.5, 0.6) is 5.75 Å². The first-order chi connectivity index (χ1) is 15.4. The van der Waals surface area contributed by atoms with Crippen molar-refractivity contribution in [2.45, 2.75) is 24.8 Å². The van der Waals surface area contributed by atoms with Crippen LogP contribution in [0.15, 0.2) is 78.9 Å². The van der Waals surface area contributed by atoms with E-state index in [9.17, 15) is 18.0 Å². The highest BCUT2D eigenvalue weighted by Gasteiger charge is 2.31. The Hall–Kier alpha value is -3.03. The van der Waals surface area contributed by atoms with Crippen LogP contribution >= 0.6 is 12.4 Å². The van der Waals surface area contributed by atoms with E-state index in [0.29, 0.717) is 17.7 Å². The van der Waals surface area contributed by atoms with Crippen LogP contribution in [0.1, 0.15) is 28.3 Å². The zero-order valence-electron chi connectivity index (χ0n) is 17.5. The first-order valence-corrected chi connectivity index (χ1v) is 10.3. The first-order valence-electron chi connectivity index (χ1n) is 10.3. The van der Waals surface area contributed by atoms with Gasteiger partial charge in [-0.25, -0.2) is 4.79 Å². The van der Waals surface area contributed by atoms with Crippen LogP contribution < -0.4 is 10.1 Å². The number of rotatable bonds is 5. The topological polar surface area (TPSA) is 47.6 Å². The van der Waals surface area contributed by atoms with E-state index in [2.05, 4.69) is 22.2 Å². The third kappa shape index (κ3) is 6.49. The molecule has 1 saturated heterocycles. The molecule has 1 aliphatic heterocycles. The summed E-state index contributed by atoms with van der Waals surface area (Å²) in [6, 6.07) is 22.4. The van der Waals surface area contributed by atoms with Gasteiger partial charge in [0.1, 0.15) is 11.9 Å². The van der Waals surface area contributed by atoms with E-state index in [1.165, 1.54) is 24.3 Å². The first kappa shape index (κ1) is 24.6. The summed E-state index contributed by atoms with van der Waals surface area (Å²) in [6.07, 6.45) is -4.11. The number of halogens is 4. The Balaban J connectivity index is 0.00000306. The van der Waals surface area contributed by atoms with Crippen molar-refractivity contribution in [3.05, 3.63) is 90.0 Å². The number of benzene rings is 3. The van der Waals surface area contributed by atoms with Crippen LogP contribution in [0.2, 0.25) is 0 Å². The molecule has 0 aliphatic carbocycles. The lowest BCUT2D eigenvalue weighted by molar-refractivity contribution is -0.274. The standard InChI is InChI=1S/C25H22F3NO3.ClH/c26-25(27,28)32-21-12-10-18(11-13-21)17-6-8-20(9-7-17)24(30)31-23-16-29-15-14-22(23)19-4-2-1-3-5-19;/h1-13,22-23,29H,14-16H2;1H/t22-,23+;/m0./s1. The molecule has 1 N–H and O–H groups in total. The van der Waals surface area contributed by atoms with Crippen LogP contribution in [-0.4, -0.2) is 31.5 Å². The van der Waals surface area contributed by atoms with Crippen molar-refractivity contribution in [3.63, 3.8) is 0 Å². The van der Waals surface area contributed by atoms with Gasteiger partial charge in [-0.1, -0.05) is 54.6 Å². The average Bonchev–Trinajstić information content (AvgIpc) is 2.80. The van der Waals surface area contributed by atoms with E-state index in [1.54, 1.807) is 24.3 Å². The van der Waals surface area contributed by atoms with Gasteiger partial charge in [0.2, 0.25) is 0 Å². The maximum atomic E-state index is 12.7. The Morgan fingerprint density at radius 3 is 2.09 bits per heavy atom. The minimum atomic E-state index is -4.73. The molecule has 8 heteroatoms. The second-order valence-corrected chi connectivity index (χ2v) is 7.60. The predicted molar refractivity (Wildman–Crippen MR) is 122 cm³/mol. The molecule has 0 bridgehead atoms. The molecule has 0 saturated carbocycles. The Morgan fingerprint density at radius 2 is 1.48 bits per heavy atom. The Labute approximate surface area is 196 Å². The summed E-state index contributed by atoms with van der Waals surface area (Å²) >= 11 is 0. The van der Waals surface area contributed by atoms with Crippen molar-refractivity contribution < 1.29 is 27.4 Å². The van der Waals surface area contributed by atoms with E-state index in [-0.39, 0.29) is 30.2 Å². The second-order valence-electron chi connectivity index (χ2n) is 7.60. The number of nitrogens with one attached hydrogen (secondary N) is 1. The third-order valence-corrected chi connectivity index (χ3v) is 5.45. The molecule has 0 spiro atoms. The number of hydrogen-bond acceptors (Lipinski definition) is 4. The van der Waals surface area contributed by atoms with Crippen LogP contribution in [0, 0.1) is 0 Å². The highest BCUT2D eigenvalue weighted by Crippen LogP contribution is 2.29. The molecular weight excluding hydrogens is 455 g/mol. The summed E-state index contributed by atoms with van der Waals surface area (Å²) in [4.78, 5) is 12.7. The van der Waals surface area contributed by atoms with Crippen molar-refractivity contribution in [1.82, 2.24) is 5.32 Å². The Morgan fingerprint density at radius 1 is 0.879 bits per heavy atom. The van der Waals surface area contributed by atoms with Crippen molar-refractivity contribution in [1.29, 1.82) is 0 Å². The molecule has 3 aromatic rings. The lowest BCUT2D eigenvalue weighted by Gasteiger charge is -2.32. The van der Waals surface area contributed by atoms with E-state index < -0.39 is 12.3 Å². The van der Waals surface area contributed by atoms with Crippen molar-refractivity contribution in [2.24, 2.45) is 0 Å². The van der Waals surface area contributed by atoms with E-state index in [1.807, 2.05) is 18.2 Å². The Kier molecular flexibility index (Phi) is 8.00. The number of piperidine rings is 1. The summed E-state index contributed by atoms with van der Waals surface area (Å²) in [7, 11) is 0. The minimum absolute atomic E-state index is 0. The number of esters is 1. The van der Waals surface area contributed by atoms with E-state index in [0.717, 1.165) is 24.1 Å². The average molecular weight is 478 g/mol. The minimum Gasteiger partial charge on any atom is -0.457 e. The fraction of sp³-hybridized carbons (Fsp3) is 0.240. The molecule has 2 atom stereocenters. The maximum absolute atomic E-state index is 12.7. The van der Waals surface area contributed by atoms with Gasteiger partial charge in [-0.15, -0.1) is 25.6 Å². The molecular formula is C25H23ClF3NO3. The fourth-order valence-electron chi connectivity index (χ4n) is 3.89. The van der Waals surface area contributed by atoms with Crippen LogP contribution in [-0.2, 0) is 4.74 Å². The highest BCUT2D eigenvalue weighted by atomic mass is 35.5. The molecule has 4 rings (SSSR count). The monoisotopic (exact) mass is 477 g/mol. The molecule has 3 aromatic carbocycles. The third-order valence-electron chi connectivity index (χ3n) is 5.45. The molecule has 1 heterocycles. The molecule has 0 radical (unpaired) electrons. The zero-order chi connectivity index (χ0) is 22.6. The second kappa shape index (κ2) is 10.7. The van der Waals surface area contributed by atoms with Gasteiger partial charge < -0.3 is 14.8 Å². The number of ether oxygens (including phenoxy) is 2. The van der Waals surface area contributed by atoms with Gasteiger partial charge in [0.15, 0.2) is 0 Å². The smallest absolute Gasteiger partial charge is 0.457 e. The summed E-state index contributed by atoms with van der Waals surface area (Å²) in [5, 5.41) is 3.28. The van der Waals surface area contributed by atoms with Gasteiger partial charge in [0.25, 0.3) is 0 Å². The van der Waals surface area contributed by atoms with Crippen molar-refractivity contribution in [3.8, 4) is 16.9 Å². The number of hydrogen-bond donors (Lipinski definition) is 1. The van der Waals surface area contributed by atoms with Gasteiger partial charge in [0, 0.05) is 12.5 Å². The predicted octanol–water partition coefficient (Wildman–Crippen LogP) is 5.98. The van der Waals surface area contributed by atoms with Gasteiger partial charge >= 0.3 is 12.3 Å².